The second kappa shape index (κ2) is 4.47. The Morgan fingerprint density at radius 1 is 1.40 bits per heavy atom. The number of carboxylic acid groups (broad SMARTS) is 1. The Hall–Kier alpha value is -2.10. The number of fused-ring (bicyclic) bond motifs is 2. The predicted octanol–water partition coefficient (Wildman–Crippen LogP) is 0.211. The van der Waals surface area contributed by atoms with Crippen molar-refractivity contribution in [3.8, 4) is 6.07 Å². The molecular formula is C13H15N3O4. The van der Waals surface area contributed by atoms with Crippen LogP contribution in [0.3, 0.4) is 0 Å². The lowest BCUT2D eigenvalue weighted by molar-refractivity contribution is -0.139. The van der Waals surface area contributed by atoms with Crippen molar-refractivity contribution in [2.75, 3.05) is 6.54 Å². The number of likely N-dealkylation sites (tertiary alicyclic amines) is 2. The molecule has 20 heavy (non-hydrogen) atoms. The first kappa shape index (κ1) is 12.9. The summed E-state index contributed by atoms with van der Waals surface area (Å²) in [5.74, 6) is -0.632. The molecule has 2 heterocycles. The smallest absolute Gasteiger partial charge is 0.408 e. The number of carbonyl (C=O) groups is 3. The van der Waals surface area contributed by atoms with E-state index >= 15 is 0 Å². The highest BCUT2D eigenvalue weighted by Crippen LogP contribution is 2.41. The number of rotatable bonds is 1. The van der Waals surface area contributed by atoms with Gasteiger partial charge in [0.2, 0.25) is 5.91 Å². The van der Waals surface area contributed by atoms with Crippen molar-refractivity contribution in [2.24, 2.45) is 5.92 Å². The normalized spacial score (nSPS) is 35.5. The maximum atomic E-state index is 12.6. The van der Waals surface area contributed by atoms with Gasteiger partial charge in [-0.1, -0.05) is 0 Å². The van der Waals surface area contributed by atoms with Crippen LogP contribution >= 0.6 is 0 Å². The molecule has 7 nitrogen and oxygen atoms in total. The number of piperidine rings is 1. The second-order valence-electron chi connectivity index (χ2n) is 5.64. The average Bonchev–Trinajstić information content (AvgIpc) is 3.09. The van der Waals surface area contributed by atoms with E-state index in [-0.39, 0.29) is 24.0 Å². The minimum Gasteiger partial charge on any atom is -0.465 e. The summed E-state index contributed by atoms with van der Waals surface area (Å²) in [6, 6.07) is 0.163. The van der Waals surface area contributed by atoms with Crippen LogP contribution in [0.1, 0.15) is 25.7 Å². The molecule has 1 N–H and O–H groups in total. The van der Waals surface area contributed by atoms with Gasteiger partial charge in [0.15, 0.2) is 5.78 Å². The Balaban J connectivity index is 1.86. The Morgan fingerprint density at radius 3 is 2.80 bits per heavy atom. The van der Waals surface area contributed by atoms with E-state index in [0.29, 0.717) is 19.4 Å². The molecule has 4 atom stereocenters. The molecule has 3 fully saturated rings. The van der Waals surface area contributed by atoms with Crippen LogP contribution in [0, 0.1) is 17.2 Å². The summed E-state index contributed by atoms with van der Waals surface area (Å²) in [6.45, 7) is 0.492. The van der Waals surface area contributed by atoms with Crippen LogP contribution in [0.15, 0.2) is 0 Å². The SMILES string of the molecule is N#C[C@@H]1CCCN1C(=O)[C@@H]1[C@@H]2CC(=O)[C@@H](C2)N1C(=O)O. The zero-order chi connectivity index (χ0) is 14.4. The van der Waals surface area contributed by atoms with E-state index in [1.54, 1.807) is 0 Å². The van der Waals surface area contributed by atoms with Gasteiger partial charge in [-0.3, -0.25) is 14.5 Å². The fraction of sp³-hybridized carbons (Fsp3) is 0.692. The molecule has 0 radical (unpaired) electrons. The molecule has 0 aromatic carbocycles. The maximum absolute atomic E-state index is 12.6. The highest BCUT2D eigenvalue weighted by Gasteiger charge is 2.57. The molecule has 0 aromatic rings. The van der Waals surface area contributed by atoms with Crippen molar-refractivity contribution in [1.29, 1.82) is 5.26 Å². The van der Waals surface area contributed by atoms with Gasteiger partial charge in [-0.2, -0.15) is 5.26 Å². The zero-order valence-electron chi connectivity index (χ0n) is 10.9. The lowest BCUT2D eigenvalue weighted by Gasteiger charge is -2.34. The Labute approximate surface area is 115 Å². The molecule has 1 saturated carbocycles. The van der Waals surface area contributed by atoms with Crippen LogP contribution in [0.5, 0.6) is 0 Å². The molecule has 106 valence electrons. The first-order valence-electron chi connectivity index (χ1n) is 6.78. The minimum absolute atomic E-state index is 0.0975. The zero-order valence-corrected chi connectivity index (χ0v) is 10.9. The molecule has 1 aliphatic carbocycles. The minimum atomic E-state index is -1.23. The molecule has 2 bridgehead atoms. The van der Waals surface area contributed by atoms with Gasteiger partial charge in [0.1, 0.15) is 12.1 Å². The highest BCUT2D eigenvalue weighted by molar-refractivity contribution is 5.97. The van der Waals surface area contributed by atoms with Gasteiger partial charge in [-0.05, 0) is 25.2 Å². The van der Waals surface area contributed by atoms with Crippen molar-refractivity contribution in [2.45, 2.75) is 43.8 Å². The quantitative estimate of drug-likeness (QED) is 0.738. The Morgan fingerprint density at radius 2 is 2.15 bits per heavy atom. The van der Waals surface area contributed by atoms with Crippen molar-refractivity contribution in [3.63, 3.8) is 0 Å². The van der Waals surface area contributed by atoms with Crippen molar-refractivity contribution >= 4 is 17.8 Å². The standard InChI is InChI=1S/C13H15N3O4/c14-6-8-2-1-3-15(8)12(18)11-7-4-9(10(17)5-7)16(11)13(19)20/h7-9,11H,1-5H2,(H,19,20)/t7-,8-,9+,11-/m0/s1. The summed E-state index contributed by atoms with van der Waals surface area (Å²) in [5.41, 5.74) is 0. The van der Waals surface area contributed by atoms with E-state index in [9.17, 15) is 19.5 Å². The molecule has 7 heteroatoms. The van der Waals surface area contributed by atoms with Gasteiger partial charge in [0, 0.05) is 13.0 Å². The monoisotopic (exact) mass is 277 g/mol. The molecule has 3 aliphatic rings. The molecule has 2 amide bonds. The van der Waals surface area contributed by atoms with Crippen LogP contribution in [-0.4, -0.2) is 57.4 Å². The van der Waals surface area contributed by atoms with E-state index in [1.807, 2.05) is 0 Å². The molecule has 2 saturated heterocycles. The number of hydrogen-bond acceptors (Lipinski definition) is 4. The van der Waals surface area contributed by atoms with Crippen LogP contribution < -0.4 is 0 Å². The average molecular weight is 277 g/mol. The van der Waals surface area contributed by atoms with E-state index in [4.69, 9.17) is 5.26 Å². The fourth-order valence-electron chi connectivity index (χ4n) is 3.73. The van der Waals surface area contributed by atoms with Crippen molar-refractivity contribution < 1.29 is 19.5 Å². The second-order valence-corrected chi connectivity index (χ2v) is 5.64. The molecule has 2 aliphatic heterocycles. The maximum Gasteiger partial charge on any atom is 0.408 e. The van der Waals surface area contributed by atoms with Crippen LogP contribution in [-0.2, 0) is 9.59 Å². The summed E-state index contributed by atoms with van der Waals surface area (Å²) in [4.78, 5) is 38.1. The predicted molar refractivity (Wildman–Crippen MR) is 65.5 cm³/mol. The van der Waals surface area contributed by atoms with Gasteiger partial charge in [0.25, 0.3) is 0 Å². The summed E-state index contributed by atoms with van der Waals surface area (Å²) >= 11 is 0. The van der Waals surface area contributed by atoms with Gasteiger partial charge in [-0.15, -0.1) is 0 Å². The van der Waals surface area contributed by atoms with Crippen molar-refractivity contribution in [3.05, 3.63) is 0 Å². The Bertz CT molecular complexity index is 526. The van der Waals surface area contributed by atoms with E-state index in [1.165, 1.54) is 4.90 Å². The number of Topliss-reactive ketones (excluding diaryl/α,β-unsaturated/α-hetero) is 1. The van der Waals surface area contributed by atoms with Crippen LogP contribution in [0.25, 0.3) is 0 Å². The lowest BCUT2D eigenvalue weighted by Crippen LogP contribution is -2.56. The summed E-state index contributed by atoms with van der Waals surface area (Å²) in [5, 5.41) is 18.3. The van der Waals surface area contributed by atoms with E-state index in [2.05, 4.69) is 6.07 Å². The van der Waals surface area contributed by atoms with Gasteiger partial charge < -0.3 is 10.0 Å². The number of nitriles is 1. The van der Waals surface area contributed by atoms with Gasteiger partial charge in [-0.25, -0.2) is 4.79 Å². The number of nitrogens with zero attached hydrogens (tertiary/aromatic N) is 3. The third-order valence-corrected chi connectivity index (χ3v) is 4.60. The number of carbonyl (C=O) groups excluding carboxylic acids is 2. The lowest BCUT2D eigenvalue weighted by atomic mass is 9.97. The summed E-state index contributed by atoms with van der Waals surface area (Å²) in [6.07, 6.45) is 0.880. The largest absolute Gasteiger partial charge is 0.465 e. The van der Waals surface area contributed by atoms with E-state index < -0.39 is 24.2 Å². The number of hydrogen-bond donors (Lipinski definition) is 1. The van der Waals surface area contributed by atoms with Crippen LogP contribution in [0.4, 0.5) is 4.79 Å². The van der Waals surface area contributed by atoms with Crippen molar-refractivity contribution in [1.82, 2.24) is 9.80 Å². The topological polar surface area (TPSA) is 102 Å². The Kier molecular flexibility index (Phi) is 2.89. The first-order chi connectivity index (χ1) is 9.54. The van der Waals surface area contributed by atoms with E-state index in [0.717, 1.165) is 11.3 Å². The number of ketones is 1. The third-order valence-electron chi connectivity index (χ3n) is 4.60. The van der Waals surface area contributed by atoms with Gasteiger partial charge in [0.05, 0.1) is 12.1 Å². The molecule has 3 rings (SSSR count). The summed E-state index contributed by atoms with van der Waals surface area (Å²) < 4.78 is 0. The first-order valence-corrected chi connectivity index (χ1v) is 6.78. The molecule has 0 aromatic heterocycles. The molecule has 0 unspecified atom stereocenters. The molecule has 0 spiro atoms. The third kappa shape index (κ3) is 1.68. The number of amides is 2. The molecular weight excluding hydrogens is 262 g/mol. The fourth-order valence-corrected chi connectivity index (χ4v) is 3.73. The highest BCUT2D eigenvalue weighted by atomic mass is 16.4. The van der Waals surface area contributed by atoms with Crippen LogP contribution in [0.2, 0.25) is 0 Å². The van der Waals surface area contributed by atoms with Gasteiger partial charge >= 0.3 is 6.09 Å². The summed E-state index contributed by atoms with van der Waals surface area (Å²) in [7, 11) is 0.